The van der Waals surface area contributed by atoms with Crippen LogP contribution in [-0.4, -0.2) is 41.0 Å². The summed E-state index contributed by atoms with van der Waals surface area (Å²) in [5, 5.41) is 0.673. The molecular weight excluding hydrogens is 380 g/mol. The Kier molecular flexibility index (Phi) is 4.87. The topological polar surface area (TPSA) is 52.2 Å². The van der Waals surface area contributed by atoms with Gasteiger partial charge in [0.15, 0.2) is 0 Å². The lowest BCUT2D eigenvalue weighted by atomic mass is 10.2. The van der Waals surface area contributed by atoms with Crippen molar-refractivity contribution in [3.05, 3.63) is 82.9 Å². The zero-order chi connectivity index (χ0) is 19.6. The van der Waals surface area contributed by atoms with Gasteiger partial charge in [-0.1, -0.05) is 48.5 Å². The molecule has 5 rings (SSSR count). The Balaban J connectivity index is 1.32. The largest absolute Gasteiger partial charge is 0.369 e. The summed E-state index contributed by atoms with van der Waals surface area (Å²) in [6, 6.07) is 22.6. The maximum absolute atomic E-state index is 12.6. The summed E-state index contributed by atoms with van der Waals surface area (Å²) in [6.07, 6.45) is 0. The third kappa shape index (κ3) is 3.81. The number of thiophene rings is 1. The first-order valence-corrected chi connectivity index (χ1v) is 10.7. The standard InChI is InChI=1S/C23H22N4OS/c28-22-19-15-20(17-7-3-1-4-8-17)29-23(19)25-21(24-22)16-26-11-13-27(14-12-26)18-9-5-2-6-10-18/h1-10,15H,11-14,16H2,(H,24,25,28). The van der Waals surface area contributed by atoms with Crippen molar-refractivity contribution in [1.82, 2.24) is 14.9 Å². The van der Waals surface area contributed by atoms with Gasteiger partial charge in [-0.3, -0.25) is 9.69 Å². The van der Waals surface area contributed by atoms with Gasteiger partial charge in [0, 0.05) is 36.7 Å². The molecule has 2 aromatic heterocycles. The summed E-state index contributed by atoms with van der Waals surface area (Å²) in [5.74, 6) is 0.747. The maximum atomic E-state index is 12.6. The van der Waals surface area contributed by atoms with E-state index < -0.39 is 0 Å². The number of piperazine rings is 1. The first kappa shape index (κ1) is 18.1. The normalized spacial score (nSPS) is 15.1. The van der Waals surface area contributed by atoms with Crippen LogP contribution in [-0.2, 0) is 6.54 Å². The van der Waals surface area contributed by atoms with E-state index in [2.05, 4.69) is 51.2 Å². The predicted molar refractivity (Wildman–Crippen MR) is 120 cm³/mol. The van der Waals surface area contributed by atoms with E-state index in [1.807, 2.05) is 30.3 Å². The van der Waals surface area contributed by atoms with Crippen molar-refractivity contribution in [2.45, 2.75) is 6.54 Å². The van der Waals surface area contributed by atoms with E-state index in [0.29, 0.717) is 11.9 Å². The summed E-state index contributed by atoms with van der Waals surface area (Å²) in [7, 11) is 0. The van der Waals surface area contributed by atoms with Gasteiger partial charge in [0.25, 0.3) is 5.56 Å². The fraction of sp³-hybridized carbons (Fsp3) is 0.217. The van der Waals surface area contributed by atoms with Gasteiger partial charge in [0.1, 0.15) is 10.7 Å². The van der Waals surface area contributed by atoms with Crippen LogP contribution < -0.4 is 10.5 Å². The van der Waals surface area contributed by atoms with Crippen LogP contribution in [0.3, 0.4) is 0 Å². The number of nitrogens with one attached hydrogen (secondary N) is 1. The van der Waals surface area contributed by atoms with Crippen LogP contribution in [0.15, 0.2) is 71.5 Å². The molecular formula is C23H22N4OS. The van der Waals surface area contributed by atoms with Crippen molar-refractivity contribution in [2.75, 3.05) is 31.1 Å². The fourth-order valence-electron chi connectivity index (χ4n) is 3.81. The van der Waals surface area contributed by atoms with Crippen molar-refractivity contribution in [2.24, 2.45) is 0 Å². The average molecular weight is 403 g/mol. The SMILES string of the molecule is O=c1[nH]c(CN2CCN(c3ccccc3)CC2)nc2sc(-c3ccccc3)cc12. The molecule has 0 radical (unpaired) electrons. The number of anilines is 1. The van der Waals surface area contributed by atoms with Crippen LogP contribution in [0.5, 0.6) is 0 Å². The second-order valence-electron chi connectivity index (χ2n) is 7.31. The smallest absolute Gasteiger partial charge is 0.259 e. The van der Waals surface area contributed by atoms with Crippen LogP contribution in [0.4, 0.5) is 5.69 Å². The quantitative estimate of drug-likeness (QED) is 0.561. The molecule has 2 aromatic carbocycles. The van der Waals surface area contributed by atoms with Crippen molar-refractivity contribution in [3.8, 4) is 10.4 Å². The lowest BCUT2D eigenvalue weighted by Gasteiger charge is -2.35. The van der Waals surface area contributed by atoms with Crippen LogP contribution in [0.2, 0.25) is 0 Å². The van der Waals surface area contributed by atoms with Crippen LogP contribution in [0.25, 0.3) is 20.7 Å². The number of para-hydroxylation sites is 1. The molecule has 3 heterocycles. The minimum atomic E-state index is -0.0497. The molecule has 4 aromatic rings. The zero-order valence-electron chi connectivity index (χ0n) is 16.0. The average Bonchev–Trinajstić information content (AvgIpc) is 3.20. The molecule has 5 nitrogen and oxygen atoms in total. The van der Waals surface area contributed by atoms with Gasteiger partial charge in [-0.15, -0.1) is 11.3 Å². The molecule has 6 heteroatoms. The minimum absolute atomic E-state index is 0.0497. The molecule has 0 spiro atoms. The van der Waals surface area contributed by atoms with Crippen molar-refractivity contribution in [1.29, 1.82) is 0 Å². The first-order valence-electron chi connectivity index (χ1n) is 9.87. The second-order valence-corrected chi connectivity index (χ2v) is 8.34. The second kappa shape index (κ2) is 7.81. The molecule has 146 valence electrons. The molecule has 29 heavy (non-hydrogen) atoms. The van der Waals surface area contributed by atoms with E-state index in [4.69, 9.17) is 4.98 Å². The number of rotatable bonds is 4. The van der Waals surface area contributed by atoms with Crippen molar-refractivity contribution < 1.29 is 0 Å². The van der Waals surface area contributed by atoms with Gasteiger partial charge in [-0.05, 0) is 23.8 Å². The number of hydrogen-bond acceptors (Lipinski definition) is 5. The third-order valence-corrected chi connectivity index (χ3v) is 6.45. The Hall–Kier alpha value is -2.96. The first-order chi connectivity index (χ1) is 14.3. The number of fused-ring (bicyclic) bond motifs is 1. The summed E-state index contributed by atoms with van der Waals surface area (Å²) in [4.78, 5) is 27.0. The Morgan fingerprint density at radius 1 is 0.931 bits per heavy atom. The molecule has 1 saturated heterocycles. The number of hydrogen-bond donors (Lipinski definition) is 1. The van der Waals surface area contributed by atoms with E-state index in [1.165, 1.54) is 5.69 Å². The molecule has 1 aliphatic rings. The van der Waals surface area contributed by atoms with Gasteiger partial charge < -0.3 is 9.88 Å². The van der Waals surface area contributed by atoms with E-state index in [1.54, 1.807) is 11.3 Å². The maximum Gasteiger partial charge on any atom is 0.259 e. The highest BCUT2D eigenvalue weighted by molar-refractivity contribution is 7.21. The molecule has 0 bridgehead atoms. The van der Waals surface area contributed by atoms with Crippen molar-refractivity contribution in [3.63, 3.8) is 0 Å². The van der Waals surface area contributed by atoms with Gasteiger partial charge >= 0.3 is 0 Å². The number of aromatic amines is 1. The number of H-pyrrole nitrogens is 1. The molecule has 0 aliphatic carbocycles. The number of aromatic nitrogens is 2. The summed E-state index contributed by atoms with van der Waals surface area (Å²) < 4.78 is 0. The van der Waals surface area contributed by atoms with Crippen LogP contribution >= 0.6 is 11.3 Å². The molecule has 0 atom stereocenters. The highest BCUT2D eigenvalue weighted by atomic mass is 32.1. The van der Waals surface area contributed by atoms with E-state index in [0.717, 1.165) is 47.3 Å². The highest BCUT2D eigenvalue weighted by Gasteiger charge is 2.19. The van der Waals surface area contributed by atoms with Crippen LogP contribution in [0, 0.1) is 0 Å². The summed E-state index contributed by atoms with van der Waals surface area (Å²) in [5.41, 5.74) is 2.34. The minimum Gasteiger partial charge on any atom is -0.369 e. The Labute approximate surface area is 173 Å². The van der Waals surface area contributed by atoms with E-state index in [9.17, 15) is 4.79 Å². The molecule has 1 aliphatic heterocycles. The summed E-state index contributed by atoms with van der Waals surface area (Å²) in [6.45, 7) is 4.54. The molecule has 1 fully saturated rings. The van der Waals surface area contributed by atoms with E-state index in [-0.39, 0.29) is 5.56 Å². The molecule has 0 unspecified atom stereocenters. The monoisotopic (exact) mass is 402 g/mol. The lowest BCUT2D eigenvalue weighted by molar-refractivity contribution is 0.244. The zero-order valence-corrected chi connectivity index (χ0v) is 16.9. The molecule has 1 N–H and O–H groups in total. The Morgan fingerprint density at radius 2 is 1.62 bits per heavy atom. The predicted octanol–water partition coefficient (Wildman–Crippen LogP) is 3.97. The van der Waals surface area contributed by atoms with Gasteiger partial charge in [-0.2, -0.15) is 0 Å². The van der Waals surface area contributed by atoms with Crippen LogP contribution in [0.1, 0.15) is 5.82 Å². The number of benzene rings is 2. The molecule has 0 amide bonds. The van der Waals surface area contributed by atoms with Gasteiger partial charge in [-0.25, -0.2) is 4.98 Å². The highest BCUT2D eigenvalue weighted by Crippen LogP contribution is 2.30. The van der Waals surface area contributed by atoms with Crippen molar-refractivity contribution >= 4 is 27.2 Å². The van der Waals surface area contributed by atoms with Gasteiger partial charge in [0.05, 0.1) is 11.9 Å². The third-order valence-electron chi connectivity index (χ3n) is 5.38. The fourth-order valence-corrected chi connectivity index (χ4v) is 4.87. The lowest BCUT2D eigenvalue weighted by Crippen LogP contribution is -2.46. The Bertz CT molecular complexity index is 1160. The van der Waals surface area contributed by atoms with E-state index >= 15 is 0 Å². The Morgan fingerprint density at radius 3 is 2.34 bits per heavy atom. The summed E-state index contributed by atoms with van der Waals surface area (Å²) >= 11 is 1.58. The molecule has 0 saturated carbocycles. The number of nitrogens with zero attached hydrogens (tertiary/aromatic N) is 3. The van der Waals surface area contributed by atoms with Gasteiger partial charge in [0.2, 0.25) is 0 Å².